The second-order valence-electron chi connectivity index (χ2n) is 5.08. The molecule has 14 heavy (non-hydrogen) atoms. The highest BCUT2D eigenvalue weighted by atomic mass is 14.4. The first-order chi connectivity index (χ1) is 6.63. The Labute approximate surface area is 87.3 Å². The van der Waals surface area contributed by atoms with Gasteiger partial charge in [-0.05, 0) is 36.7 Å². The lowest BCUT2D eigenvalue weighted by molar-refractivity contribution is 0.371. The van der Waals surface area contributed by atoms with Crippen LogP contribution in [0.5, 0.6) is 0 Å². The van der Waals surface area contributed by atoms with Gasteiger partial charge in [0.15, 0.2) is 0 Å². The van der Waals surface area contributed by atoms with E-state index in [1.807, 2.05) is 0 Å². The Kier molecular flexibility index (Phi) is 2.38. The number of benzene rings is 1. The summed E-state index contributed by atoms with van der Waals surface area (Å²) in [5.41, 5.74) is 3.34. The molecule has 0 spiro atoms. The molecule has 2 atom stereocenters. The smallest absolute Gasteiger partial charge is 0.00497 e. The Balaban J connectivity index is 2.34. The summed E-state index contributed by atoms with van der Waals surface area (Å²) in [7, 11) is 0. The first-order valence-electron chi connectivity index (χ1n) is 5.70. The van der Waals surface area contributed by atoms with Crippen molar-refractivity contribution >= 4 is 0 Å². The van der Waals surface area contributed by atoms with Crippen LogP contribution in [0.4, 0.5) is 0 Å². The van der Waals surface area contributed by atoms with Crippen molar-refractivity contribution in [2.24, 2.45) is 5.92 Å². The van der Waals surface area contributed by atoms with Crippen LogP contribution in [0.2, 0.25) is 0 Å². The van der Waals surface area contributed by atoms with E-state index in [0.717, 1.165) is 5.92 Å². The minimum absolute atomic E-state index is 0.438. The Hall–Kier alpha value is -0.780. The second kappa shape index (κ2) is 3.42. The van der Waals surface area contributed by atoms with Crippen molar-refractivity contribution in [3.8, 4) is 0 Å². The lowest BCUT2D eigenvalue weighted by Gasteiger charge is -2.30. The van der Waals surface area contributed by atoms with E-state index in [1.165, 1.54) is 30.4 Å². The summed E-state index contributed by atoms with van der Waals surface area (Å²) in [6.07, 6.45) is 4.15. The van der Waals surface area contributed by atoms with Gasteiger partial charge in [-0.2, -0.15) is 0 Å². The molecule has 1 aromatic rings. The Morgan fingerprint density at radius 1 is 1.21 bits per heavy atom. The summed E-state index contributed by atoms with van der Waals surface area (Å²) in [4.78, 5) is 0. The van der Waals surface area contributed by atoms with Gasteiger partial charge in [0, 0.05) is 0 Å². The van der Waals surface area contributed by atoms with Crippen LogP contribution in [0.25, 0.3) is 0 Å². The zero-order chi connectivity index (χ0) is 10.2. The average molecular weight is 188 g/mol. The van der Waals surface area contributed by atoms with Gasteiger partial charge in [-0.25, -0.2) is 0 Å². The lowest BCUT2D eigenvalue weighted by Crippen LogP contribution is -2.24. The Bertz CT molecular complexity index is 309. The molecule has 0 heteroatoms. The standard InChI is InChI=1S/C14H20/c1-11-6-8-13(9-7-11)14(3)10-4-5-12(14)2/h6-9,12H,4-5,10H2,1-3H3/t12-,14+/m0/s1. The molecule has 1 aliphatic rings. The number of hydrogen-bond acceptors (Lipinski definition) is 0. The predicted octanol–water partition coefficient (Wildman–Crippen LogP) is 4.07. The van der Waals surface area contributed by atoms with E-state index >= 15 is 0 Å². The fraction of sp³-hybridized carbons (Fsp3) is 0.571. The maximum Gasteiger partial charge on any atom is -0.00497 e. The molecule has 1 aliphatic carbocycles. The molecular weight excluding hydrogens is 168 g/mol. The first-order valence-corrected chi connectivity index (χ1v) is 5.70. The Morgan fingerprint density at radius 3 is 2.36 bits per heavy atom. The largest absolute Gasteiger partial charge is 0.0617 e. The van der Waals surface area contributed by atoms with Crippen LogP contribution in [0.3, 0.4) is 0 Å². The number of aryl methyl sites for hydroxylation is 1. The molecule has 0 unspecified atom stereocenters. The third-order valence-corrected chi connectivity index (χ3v) is 4.13. The van der Waals surface area contributed by atoms with E-state index in [4.69, 9.17) is 0 Å². The fourth-order valence-electron chi connectivity index (χ4n) is 2.70. The second-order valence-corrected chi connectivity index (χ2v) is 5.08. The molecule has 0 nitrogen and oxygen atoms in total. The van der Waals surface area contributed by atoms with Crippen molar-refractivity contribution in [1.29, 1.82) is 0 Å². The quantitative estimate of drug-likeness (QED) is 0.623. The fourth-order valence-corrected chi connectivity index (χ4v) is 2.70. The molecule has 0 heterocycles. The van der Waals surface area contributed by atoms with Gasteiger partial charge < -0.3 is 0 Å². The molecule has 76 valence electrons. The van der Waals surface area contributed by atoms with Crippen LogP contribution in [0.15, 0.2) is 24.3 Å². The van der Waals surface area contributed by atoms with Gasteiger partial charge in [0.2, 0.25) is 0 Å². The zero-order valence-electron chi connectivity index (χ0n) is 9.51. The van der Waals surface area contributed by atoms with Crippen LogP contribution >= 0.6 is 0 Å². The molecule has 0 aliphatic heterocycles. The lowest BCUT2D eigenvalue weighted by atomic mass is 9.75. The number of rotatable bonds is 1. The summed E-state index contributed by atoms with van der Waals surface area (Å²) in [6.45, 7) is 6.98. The van der Waals surface area contributed by atoms with Crippen molar-refractivity contribution in [3.63, 3.8) is 0 Å². The van der Waals surface area contributed by atoms with Crippen LogP contribution in [-0.4, -0.2) is 0 Å². The van der Waals surface area contributed by atoms with Gasteiger partial charge in [-0.1, -0.05) is 50.1 Å². The van der Waals surface area contributed by atoms with Gasteiger partial charge in [0.25, 0.3) is 0 Å². The maximum absolute atomic E-state index is 2.43. The van der Waals surface area contributed by atoms with Gasteiger partial charge in [0.05, 0.1) is 0 Å². The summed E-state index contributed by atoms with van der Waals surface area (Å²) in [6, 6.07) is 9.12. The van der Waals surface area contributed by atoms with E-state index in [1.54, 1.807) is 0 Å². The van der Waals surface area contributed by atoms with Crippen molar-refractivity contribution < 1.29 is 0 Å². The molecule has 2 rings (SSSR count). The van der Waals surface area contributed by atoms with Gasteiger partial charge >= 0.3 is 0 Å². The average Bonchev–Trinajstić information content (AvgIpc) is 2.49. The van der Waals surface area contributed by atoms with E-state index in [-0.39, 0.29) is 0 Å². The Morgan fingerprint density at radius 2 is 1.86 bits per heavy atom. The van der Waals surface area contributed by atoms with E-state index in [9.17, 15) is 0 Å². The summed E-state index contributed by atoms with van der Waals surface area (Å²) in [5, 5.41) is 0. The molecule has 0 aromatic heterocycles. The summed E-state index contributed by atoms with van der Waals surface area (Å²) < 4.78 is 0. The minimum Gasteiger partial charge on any atom is -0.0617 e. The van der Waals surface area contributed by atoms with Crippen LogP contribution in [-0.2, 0) is 5.41 Å². The zero-order valence-corrected chi connectivity index (χ0v) is 9.51. The maximum atomic E-state index is 2.43. The van der Waals surface area contributed by atoms with Crippen molar-refractivity contribution in [2.45, 2.75) is 45.4 Å². The van der Waals surface area contributed by atoms with Crippen LogP contribution in [0, 0.1) is 12.8 Å². The highest BCUT2D eigenvalue weighted by Gasteiger charge is 2.36. The van der Waals surface area contributed by atoms with E-state index in [2.05, 4.69) is 45.0 Å². The molecule has 0 amide bonds. The molecular formula is C14H20. The minimum atomic E-state index is 0.438. The third kappa shape index (κ3) is 1.47. The topological polar surface area (TPSA) is 0 Å². The normalized spacial score (nSPS) is 32.1. The highest BCUT2D eigenvalue weighted by Crippen LogP contribution is 2.44. The van der Waals surface area contributed by atoms with Crippen molar-refractivity contribution in [1.82, 2.24) is 0 Å². The van der Waals surface area contributed by atoms with Gasteiger partial charge in [-0.15, -0.1) is 0 Å². The molecule has 1 saturated carbocycles. The first kappa shape index (κ1) is 9.76. The molecule has 0 saturated heterocycles. The monoisotopic (exact) mass is 188 g/mol. The molecule has 0 bridgehead atoms. The SMILES string of the molecule is Cc1ccc([C@]2(C)CCC[C@@H]2C)cc1. The third-order valence-electron chi connectivity index (χ3n) is 4.13. The predicted molar refractivity (Wildman–Crippen MR) is 61.5 cm³/mol. The van der Waals surface area contributed by atoms with Crippen LogP contribution in [0.1, 0.15) is 44.2 Å². The highest BCUT2D eigenvalue weighted by molar-refractivity contribution is 5.29. The van der Waals surface area contributed by atoms with Gasteiger partial charge in [-0.3, -0.25) is 0 Å². The molecule has 1 fully saturated rings. The van der Waals surface area contributed by atoms with Crippen LogP contribution < -0.4 is 0 Å². The summed E-state index contributed by atoms with van der Waals surface area (Å²) in [5.74, 6) is 0.838. The molecule has 0 N–H and O–H groups in total. The van der Waals surface area contributed by atoms with Gasteiger partial charge in [0.1, 0.15) is 0 Å². The number of hydrogen-bond donors (Lipinski definition) is 0. The van der Waals surface area contributed by atoms with Crippen molar-refractivity contribution in [2.75, 3.05) is 0 Å². The molecule has 0 radical (unpaired) electrons. The summed E-state index contributed by atoms with van der Waals surface area (Å²) >= 11 is 0. The van der Waals surface area contributed by atoms with Crippen molar-refractivity contribution in [3.05, 3.63) is 35.4 Å². The van der Waals surface area contributed by atoms with E-state index < -0.39 is 0 Å². The molecule has 1 aromatic carbocycles. The van der Waals surface area contributed by atoms with E-state index in [0.29, 0.717) is 5.41 Å².